The molecule has 1 aromatic carbocycles. The molecule has 0 spiro atoms. The molecular formula is C12H10N2O3S. The lowest BCUT2D eigenvalue weighted by Crippen LogP contribution is -2.13. The molecule has 1 heterocycles. The van der Waals surface area contributed by atoms with Gasteiger partial charge in [0.15, 0.2) is 0 Å². The summed E-state index contributed by atoms with van der Waals surface area (Å²) in [5, 5.41) is 0. The summed E-state index contributed by atoms with van der Waals surface area (Å²) in [6.45, 7) is 0. The zero-order valence-electron chi connectivity index (χ0n) is 9.28. The number of hydrogen-bond acceptors (Lipinski definition) is 4. The maximum atomic E-state index is 11.9. The van der Waals surface area contributed by atoms with Gasteiger partial charge in [-0.15, -0.1) is 0 Å². The van der Waals surface area contributed by atoms with Gasteiger partial charge in [0.05, 0.1) is 0 Å². The van der Waals surface area contributed by atoms with Gasteiger partial charge in [0.25, 0.3) is 10.0 Å². The normalized spacial score (nSPS) is 10.9. The molecular weight excluding hydrogens is 252 g/mol. The summed E-state index contributed by atoms with van der Waals surface area (Å²) in [4.78, 5) is 14.3. The molecule has 5 nitrogen and oxygen atoms in total. The molecule has 0 fully saturated rings. The van der Waals surface area contributed by atoms with Crippen molar-refractivity contribution in [1.29, 1.82) is 0 Å². The SMILES string of the molecule is O=Cc1ccc(NS(=O)(=O)c2cccnc2)cc1. The van der Waals surface area contributed by atoms with Gasteiger partial charge < -0.3 is 0 Å². The van der Waals surface area contributed by atoms with Crippen LogP contribution in [0.4, 0.5) is 5.69 Å². The van der Waals surface area contributed by atoms with Crippen LogP contribution >= 0.6 is 0 Å². The summed E-state index contributed by atoms with van der Waals surface area (Å²) in [5.74, 6) is 0. The molecule has 92 valence electrons. The van der Waals surface area contributed by atoms with Gasteiger partial charge in [0, 0.05) is 23.6 Å². The fraction of sp³-hybridized carbons (Fsp3) is 0. The third kappa shape index (κ3) is 2.72. The van der Waals surface area contributed by atoms with Crippen molar-refractivity contribution in [2.75, 3.05) is 4.72 Å². The first-order chi connectivity index (χ1) is 8.62. The van der Waals surface area contributed by atoms with Crippen LogP contribution in [0.25, 0.3) is 0 Å². The van der Waals surface area contributed by atoms with E-state index in [0.717, 1.165) is 0 Å². The number of anilines is 1. The van der Waals surface area contributed by atoms with Crippen molar-refractivity contribution in [2.45, 2.75) is 4.90 Å². The second-order valence-electron chi connectivity index (χ2n) is 3.53. The van der Waals surface area contributed by atoms with Crippen molar-refractivity contribution >= 4 is 22.0 Å². The monoisotopic (exact) mass is 262 g/mol. The third-order valence-corrected chi connectivity index (χ3v) is 3.61. The van der Waals surface area contributed by atoms with Crippen molar-refractivity contribution in [3.05, 3.63) is 54.4 Å². The molecule has 0 saturated heterocycles. The Kier molecular flexibility index (Phi) is 3.38. The van der Waals surface area contributed by atoms with E-state index in [0.29, 0.717) is 17.5 Å². The molecule has 18 heavy (non-hydrogen) atoms. The van der Waals surface area contributed by atoms with E-state index in [1.807, 2.05) is 0 Å². The van der Waals surface area contributed by atoms with Crippen LogP contribution in [0.15, 0.2) is 53.7 Å². The fourth-order valence-electron chi connectivity index (χ4n) is 1.35. The number of benzene rings is 1. The van der Waals surface area contributed by atoms with Gasteiger partial charge in [0.1, 0.15) is 11.2 Å². The van der Waals surface area contributed by atoms with Gasteiger partial charge >= 0.3 is 0 Å². The van der Waals surface area contributed by atoms with Crippen LogP contribution in [0, 0.1) is 0 Å². The number of sulfonamides is 1. The predicted molar refractivity (Wildman–Crippen MR) is 66.9 cm³/mol. The van der Waals surface area contributed by atoms with E-state index < -0.39 is 10.0 Å². The highest BCUT2D eigenvalue weighted by Crippen LogP contribution is 2.15. The Morgan fingerprint density at radius 2 is 1.83 bits per heavy atom. The standard InChI is InChI=1S/C12H10N2O3S/c15-9-10-3-5-11(6-4-10)14-18(16,17)12-2-1-7-13-8-12/h1-9,14H. The largest absolute Gasteiger partial charge is 0.298 e. The highest BCUT2D eigenvalue weighted by atomic mass is 32.2. The van der Waals surface area contributed by atoms with Crippen molar-refractivity contribution in [3.63, 3.8) is 0 Å². The Labute approximate surface area is 105 Å². The maximum absolute atomic E-state index is 11.9. The van der Waals surface area contributed by atoms with Gasteiger partial charge in [0.2, 0.25) is 0 Å². The van der Waals surface area contributed by atoms with Gasteiger partial charge in [-0.2, -0.15) is 0 Å². The molecule has 0 aliphatic rings. The van der Waals surface area contributed by atoms with E-state index >= 15 is 0 Å². The van der Waals surface area contributed by atoms with Crippen LogP contribution in [0.2, 0.25) is 0 Å². The molecule has 0 amide bonds. The van der Waals surface area contributed by atoms with E-state index in [4.69, 9.17) is 0 Å². The van der Waals surface area contributed by atoms with Crippen molar-refractivity contribution in [2.24, 2.45) is 0 Å². The number of carbonyl (C=O) groups is 1. The summed E-state index contributed by atoms with van der Waals surface area (Å²) in [5.41, 5.74) is 0.878. The second kappa shape index (κ2) is 4.97. The minimum atomic E-state index is -3.63. The zero-order chi connectivity index (χ0) is 13.0. The zero-order valence-corrected chi connectivity index (χ0v) is 10.1. The molecule has 0 unspecified atom stereocenters. The minimum absolute atomic E-state index is 0.0875. The first-order valence-corrected chi connectivity index (χ1v) is 6.58. The first kappa shape index (κ1) is 12.3. The number of hydrogen-bond donors (Lipinski definition) is 1. The van der Waals surface area contributed by atoms with Crippen LogP contribution < -0.4 is 4.72 Å². The quantitative estimate of drug-likeness (QED) is 0.851. The highest BCUT2D eigenvalue weighted by Gasteiger charge is 2.13. The number of nitrogens with zero attached hydrogens (tertiary/aromatic N) is 1. The lowest BCUT2D eigenvalue weighted by molar-refractivity contribution is 0.112. The lowest BCUT2D eigenvalue weighted by Gasteiger charge is -2.07. The summed E-state index contributed by atoms with van der Waals surface area (Å²) in [7, 11) is -3.63. The summed E-state index contributed by atoms with van der Waals surface area (Å²) >= 11 is 0. The van der Waals surface area contributed by atoms with Crippen LogP contribution in [0.3, 0.4) is 0 Å². The van der Waals surface area contributed by atoms with Crippen LogP contribution in [-0.4, -0.2) is 19.7 Å². The molecule has 1 N–H and O–H groups in total. The Balaban J connectivity index is 2.25. The topological polar surface area (TPSA) is 76.1 Å². The van der Waals surface area contributed by atoms with E-state index in [1.54, 1.807) is 6.07 Å². The maximum Gasteiger partial charge on any atom is 0.263 e. The number of aldehydes is 1. The molecule has 1 aromatic heterocycles. The Morgan fingerprint density at radius 3 is 2.39 bits per heavy atom. The number of nitrogens with one attached hydrogen (secondary N) is 1. The number of carbonyl (C=O) groups excluding carboxylic acids is 1. The third-order valence-electron chi connectivity index (χ3n) is 2.24. The smallest absolute Gasteiger partial charge is 0.263 e. The van der Waals surface area contributed by atoms with E-state index in [1.165, 1.54) is 42.7 Å². The van der Waals surface area contributed by atoms with Gasteiger partial charge in [-0.3, -0.25) is 14.5 Å². The summed E-state index contributed by atoms with van der Waals surface area (Å²) < 4.78 is 26.3. The van der Waals surface area contributed by atoms with Gasteiger partial charge in [-0.1, -0.05) is 0 Å². The van der Waals surface area contributed by atoms with Crippen molar-refractivity contribution in [3.8, 4) is 0 Å². The van der Waals surface area contributed by atoms with Gasteiger partial charge in [-0.25, -0.2) is 8.42 Å². The molecule has 2 rings (SSSR count). The van der Waals surface area contributed by atoms with Crippen LogP contribution in [-0.2, 0) is 10.0 Å². The Morgan fingerprint density at radius 1 is 1.11 bits per heavy atom. The average molecular weight is 262 g/mol. The lowest BCUT2D eigenvalue weighted by atomic mass is 10.2. The van der Waals surface area contributed by atoms with Crippen LogP contribution in [0.5, 0.6) is 0 Å². The van der Waals surface area contributed by atoms with Crippen molar-refractivity contribution in [1.82, 2.24) is 4.98 Å². The Bertz CT molecular complexity index is 637. The molecule has 0 aliphatic heterocycles. The molecule has 0 radical (unpaired) electrons. The average Bonchev–Trinajstić information content (AvgIpc) is 2.40. The first-order valence-electron chi connectivity index (χ1n) is 5.10. The van der Waals surface area contributed by atoms with E-state index in [2.05, 4.69) is 9.71 Å². The predicted octanol–water partition coefficient (Wildman–Crippen LogP) is 1.69. The molecule has 0 atom stereocenters. The summed E-state index contributed by atoms with van der Waals surface area (Å²) in [6, 6.07) is 9.12. The van der Waals surface area contributed by atoms with E-state index in [-0.39, 0.29) is 4.90 Å². The van der Waals surface area contributed by atoms with Crippen molar-refractivity contribution < 1.29 is 13.2 Å². The molecule has 0 bridgehead atoms. The molecule has 0 aliphatic carbocycles. The number of aromatic nitrogens is 1. The van der Waals surface area contributed by atoms with Gasteiger partial charge in [-0.05, 0) is 36.4 Å². The van der Waals surface area contributed by atoms with E-state index in [9.17, 15) is 13.2 Å². The molecule has 0 saturated carbocycles. The highest BCUT2D eigenvalue weighted by molar-refractivity contribution is 7.92. The fourth-order valence-corrected chi connectivity index (χ4v) is 2.37. The molecule has 2 aromatic rings. The number of rotatable bonds is 4. The Hall–Kier alpha value is -2.21. The minimum Gasteiger partial charge on any atom is -0.298 e. The number of pyridine rings is 1. The second-order valence-corrected chi connectivity index (χ2v) is 5.22. The molecule has 6 heteroatoms. The summed E-state index contributed by atoms with van der Waals surface area (Å²) in [6.07, 6.45) is 3.46. The van der Waals surface area contributed by atoms with Crippen LogP contribution in [0.1, 0.15) is 10.4 Å².